The lowest BCUT2D eigenvalue weighted by Gasteiger charge is -2.58. The van der Waals surface area contributed by atoms with Crippen molar-refractivity contribution in [3.8, 4) is 0 Å². The zero-order valence-corrected chi connectivity index (χ0v) is 20.9. The molecule has 4 aliphatic rings. The number of rotatable bonds is 5. The predicted octanol–water partition coefficient (Wildman–Crippen LogP) is 8.79. The van der Waals surface area contributed by atoms with Gasteiger partial charge in [-0.05, 0) is 97.7 Å². The predicted molar refractivity (Wildman–Crippen MR) is 126 cm³/mol. The van der Waals surface area contributed by atoms with Crippen molar-refractivity contribution in [3.63, 3.8) is 0 Å². The minimum atomic E-state index is 0.523. The third kappa shape index (κ3) is 3.58. The van der Waals surface area contributed by atoms with Crippen LogP contribution < -0.4 is 0 Å². The van der Waals surface area contributed by atoms with Gasteiger partial charge in [0.15, 0.2) is 0 Å². The van der Waals surface area contributed by atoms with Crippen LogP contribution in [0.2, 0.25) is 0 Å². The number of allylic oxidation sites excluding steroid dienone is 2. The molecule has 4 aliphatic carbocycles. The molecule has 3 saturated carbocycles. The Morgan fingerprint density at radius 2 is 1.79 bits per heavy atom. The van der Waals surface area contributed by atoms with E-state index in [1.54, 1.807) is 0 Å². The highest BCUT2D eigenvalue weighted by Crippen LogP contribution is 2.67. The van der Waals surface area contributed by atoms with Crippen LogP contribution >= 0.6 is 15.9 Å². The molecule has 0 bridgehead atoms. The number of hydrogen-bond donors (Lipinski definition) is 0. The van der Waals surface area contributed by atoms with E-state index in [1.165, 1.54) is 70.6 Å². The Hall–Kier alpha value is 0.220. The second-order valence-electron chi connectivity index (χ2n) is 12.1. The number of alkyl halides is 1. The maximum absolute atomic E-state index is 3.93. The first-order valence-electron chi connectivity index (χ1n) is 12.6. The zero-order valence-electron chi connectivity index (χ0n) is 19.3. The Bertz CT molecular complexity index is 591. The Balaban J connectivity index is 1.49. The van der Waals surface area contributed by atoms with Gasteiger partial charge in [0.2, 0.25) is 0 Å². The summed E-state index contributed by atoms with van der Waals surface area (Å²) in [5.41, 5.74) is 2.98. The van der Waals surface area contributed by atoms with E-state index in [9.17, 15) is 0 Å². The molecule has 0 amide bonds. The third-order valence-corrected chi connectivity index (χ3v) is 11.0. The van der Waals surface area contributed by atoms with Gasteiger partial charge in [-0.15, -0.1) is 0 Å². The van der Waals surface area contributed by atoms with Crippen LogP contribution in [0.4, 0.5) is 0 Å². The molecule has 0 saturated heterocycles. The first-order valence-corrected chi connectivity index (χ1v) is 13.5. The van der Waals surface area contributed by atoms with E-state index < -0.39 is 0 Å². The number of fused-ring (bicyclic) bond motifs is 5. The summed E-state index contributed by atoms with van der Waals surface area (Å²) in [6, 6.07) is 0. The summed E-state index contributed by atoms with van der Waals surface area (Å²) in [5.74, 6) is 5.74. The molecule has 0 spiro atoms. The maximum Gasteiger partial charge on any atom is 0.0183 e. The van der Waals surface area contributed by atoms with Crippen molar-refractivity contribution >= 4 is 15.9 Å². The van der Waals surface area contributed by atoms with Gasteiger partial charge < -0.3 is 0 Å². The van der Waals surface area contributed by atoms with Crippen molar-refractivity contribution in [1.82, 2.24) is 0 Å². The van der Waals surface area contributed by atoms with Gasteiger partial charge in [-0.1, -0.05) is 81.5 Å². The molecular formula is C27H45Br. The standard InChI is InChI=1S/C27H45Br/c1-18(2)7-6-8-19(3)23-11-12-24-22-10-9-20-17-21(28)13-15-26(20,4)25(22)14-16-27(23,24)5/h9,18-19,21-25H,6-8,10-17H2,1-5H3/t19-,21-,22?,23-,24?,25?,26+,27-/m1/s1. The van der Waals surface area contributed by atoms with Gasteiger partial charge in [0.05, 0.1) is 0 Å². The van der Waals surface area contributed by atoms with Crippen molar-refractivity contribution in [3.05, 3.63) is 11.6 Å². The largest absolute Gasteiger partial charge is 0.0887 e. The SMILES string of the molecule is CC(C)CCC[C@@H](C)[C@H]1CCC2C3CC=C4C[C@H](Br)CC[C@]4(C)C3CC[C@@]21C. The molecule has 3 unspecified atom stereocenters. The minimum absolute atomic E-state index is 0.523. The Kier molecular flexibility index (Phi) is 6.17. The van der Waals surface area contributed by atoms with Crippen molar-refractivity contribution < 1.29 is 0 Å². The molecule has 0 aromatic rings. The summed E-state index contributed by atoms with van der Waals surface area (Å²) in [5, 5.41) is 0. The van der Waals surface area contributed by atoms with E-state index in [0.717, 1.165) is 40.3 Å². The van der Waals surface area contributed by atoms with Gasteiger partial charge in [0.25, 0.3) is 0 Å². The van der Waals surface area contributed by atoms with Gasteiger partial charge in [-0.2, -0.15) is 0 Å². The highest BCUT2D eigenvalue weighted by molar-refractivity contribution is 9.09. The van der Waals surface area contributed by atoms with Crippen molar-refractivity contribution in [1.29, 1.82) is 0 Å². The molecule has 1 heteroatoms. The van der Waals surface area contributed by atoms with Crippen LogP contribution in [0.25, 0.3) is 0 Å². The molecule has 28 heavy (non-hydrogen) atoms. The quantitative estimate of drug-likeness (QED) is 0.291. The summed E-state index contributed by atoms with van der Waals surface area (Å²) in [4.78, 5) is 0.736. The van der Waals surface area contributed by atoms with Crippen LogP contribution in [0.5, 0.6) is 0 Å². The van der Waals surface area contributed by atoms with Crippen LogP contribution in [0.1, 0.15) is 105 Å². The Morgan fingerprint density at radius 1 is 1.00 bits per heavy atom. The first-order chi connectivity index (χ1) is 13.3. The first kappa shape index (κ1) is 21.5. The molecule has 0 aromatic heterocycles. The highest BCUT2D eigenvalue weighted by atomic mass is 79.9. The molecule has 0 heterocycles. The van der Waals surface area contributed by atoms with Gasteiger partial charge in [-0.3, -0.25) is 0 Å². The molecule has 160 valence electrons. The van der Waals surface area contributed by atoms with Crippen LogP contribution in [-0.4, -0.2) is 4.83 Å². The average molecular weight is 450 g/mol. The van der Waals surface area contributed by atoms with E-state index in [2.05, 4.69) is 56.6 Å². The monoisotopic (exact) mass is 448 g/mol. The number of halogens is 1. The van der Waals surface area contributed by atoms with E-state index in [1.807, 2.05) is 5.57 Å². The summed E-state index contributed by atoms with van der Waals surface area (Å²) in [7, 11) is 0. The summed E-state index contributed by atoms with van der Waals surface area (Å²) < 4.78 is 0. The third-order valence-electron chi connectivity index (χ3n) is 10.2. The fourth-order valence-electron chi connectivity index (χ4n) is 8.64. The van der Waals surface area contributed by atoms with Crippen molar-refractivity contribution in [2.24, 2.45) is 46.3 Å². The van der Waals surface area contributed by atoms with E-state index in [-0.39, 0.29) is 0 Å². The second-order valence-corrected chi connectivity index (χ2v) is 13.4. The smallest absolute Gasteiger partial charge is 0.0183 e. The van der Waals surface area contributed by atoms with Gasteiger partial charge in [0.1, 0.15) is 0 Å². The Morgan fingerprint density at radius 3 is 2.54 bits per heavy atom. The normalized spacial score (nSPS) is 46.5. The second kappa shape index (κ2) is 8.05. The van der Waals surface area contributed by atoms with Crippen LogP contribution in [0.3, 0.4) is 0 Å². The van der Waals surface area contributed by atoms with Crippen molar-refractivity contribution in [2.75, 3.05) is 0 Å². The Labute approximate surface area is 183 Å². The average Bonchev–Trinajstić information content (AvgIpc) is 2.99. The maximum atomic E-state index is 3.93. The molecule has 0 radical (unpaired) electrons. The van der Waals surface area contributed by atoms with Gasteiger partial charge >= 0.3 is 0 Å². The molecule has 0 nitrogen and oxygen atoms in total. The molecule has 0 aliphatic heterocycles. The molecule has 4 rings (SSSR count). The molecule has 0 aromatic carbocycles. The lowest BCUT2D eigenvalue weighted by atomic mass is 9.47. The molecular weight excluding hydrogens is 404 g/mol. The lowest BCUT2D eigenvalue weighted by Crippen LogP contribution is -2.50. The van der Waals surface area contributed by atoms with E-state index in [0.29, 0.717) is 10.8 Å². The van der Waals surface area contributed by atoms with E-state index >= 15 is 0 Å². The molecule has 8 atom stereocenters. The summed E-state index contributed by atoms with van der Waals surface area (Å²) >= 11 is 3.93. The fourth-order valence-corrected chi connectivity index (χ4v) is 9.22. The topological polar surface area (TPSA) is 0 Å². The van der Waals surface area contributed by atoms with Crippen LogP contribution in [0.15, 0.2) is 11.6 Å². The highest BCUT2D eigenvalue weighted by Gasteiger charge is 2.58. The summed E-state index contributed by atoms with van der Waals surface area (Å²) in [6.45, 7) is 12.7. The number of hydrogen-bond acceptors (Lipinski definition) is 0. The van der Waals surface area contributed by atoms with Gasteiger partial charge in [-0.25, -0.2) is 0 Å². The fraction of sp³-hybridized carbons (Fsp3) is 0.926. The van der Waals surface area contributed by atoms with Gasteiger partial charge in [0, 0.05) is 4.83 Å². The summed E-state index contributed by atoms with van der Waals surface area (Å²) in [6.07, 6.45) is 18.6. The van der Waals surface area contributed by atoms with Crippen LogP contribution in [0, 0.1) is 46.3 Å². The lowest BCUT2D eigenvalue weighted by molar-refractivity contribution is -0.0496. The molecule has 3 fully saturated rings. The molecule has 0 N–H and O–H groups in total. The van der Waals surface area contributed by atoms with Crippen LogP contribution in [-0.2, 0) is 0 Å². The van der Waals surface area contributed by atoms with E-state index in [4.69, 9.17) is 0 Å². The zero-order chi connectivity index (χ0) is 20.1. The minimum Gasteiger partial charge on any atom is -0.0887 e. The van der Waals surface area contributed by atoms with Crippen molar-refractivity contribution in [2.45, 2.75) is 110 Å².